The van der Waals surface area contributed by atoms with Crippen molar-refractivity contribution >= 4 is 17.6 Å². The average molecular weight is 173 g/mol. The van der Waals surface area contributed by atoms with E-state index in [1.165, 1.54) is 12.3 Å². The minimum atomic E-state index is -0.607. The van der Waals surface area contributed by atoms with E-state index in [2.05, 4.69) is 11.9 Å². The minimum absolute atomic E-state index is 0.493. The van der Waals surface area contributed by atoms with Crippen LogP contribution in [-0.2, 0) is 0 Å². The summed E-state index contributed by atoms with van der Waals surface area (Å²) in [6.45, 7) is 3.43. The van der Waals surface area contributed by atoms with Gasteiger partial charge in [-0.05, 0) is 12.2 Å². The number of halogens is 1. The van der Waals surface area contributed by atoms with E-state index in [1.54, 1.807) is 12.2 Å². The molecule has 60 valence electrons. The van der Waals surface area contributed by atoms with Gasteiger partial charge >= 0.3 is 6.03 Å². The molecule has 4 heteroatoms. The molecule has 0 saturated carbocycles. The zero-order chi connectivity index (χ0) is 8.69. The Kier molecular flexibility index (Phi) is 4.94. The third kappa shape index (κ3) is 6.67. The highest BCUT2D eigenvalue weighted by atomic mass is 35.5. The number of primary amides is 1. The number of carbonyl (C=O) groups excluding carboxylic acids is 1. The van der Waals surface area contributed by atoms with Crippen molar-refractivity contribution in [2.24, 2.45) is 5.73 Å². The van der Waals surface area contributed by atoms with Crippen LogP contribution in [0, 0.1) is 0 Å². The van der Waals surface area contributed by atoms with Crippen LogP contribution in [0.2, 0.25) is 0 Å². The molecule has 0 aromatic rings. The number of urea groups is 1. The van der Waals surface area contributed by atoms with Gasteiger partial charge in [-0.3, -0.25) is 0 Å². The van der Waals surface area contributed by atoms with Crippen molar-refractivity contribution in [3.63, 3.8) is 0 Å². The highest BCUT2D eigenvalue weighted by Gasteiger charge is 1.81. The van der Waals surface area contributed by atoms with Gasteiger partial charge in [0.15, 0.2) is 0 Å². The number of hydrogen-bond acceptors (Lipinski definition) is 1. The van der Waals surface area contributed by atoms with Gasteiger partial charge in [0, 0.05) is 11.2 Å². The molecule has 0 spiro atoms. The number of amides is 2. The first-order valence-electron chi connectivity index (χ1n) is 2.87. The summed E-state index contributed by atoms with van der Waals surface area (Å²) >= 11 is 5.53. The predicted molar refractivity (Wildman–Crippen MR) is 46.0 cm³/mol. The van der Waals surface area contributed by atoms with Crippen LogP contribution in [0.15, 0.2) is 36.0 Å². The molecule has 0 radical (unpaired) electrons. The van der Waals surface area contributed by atoms with E-state index in [4.69, 9.17) is 17.3 Å². The summed E-state index contributed by atoms with van der Waals surface area (Å²) in [5, 5.41) is 2.74. The van der Waals surface area contributed by atoms with Crippen molar-refractivity contribution in [3.8, 4) is 0 Å². The van der Waals surface area contributed by atoms with Crippen LogP contribution in [0.25, 0.3) is 0 Å². The third-order valence-electron chi connectivity index (χ3n) is 0.772. The fourth-order valence-corrected chi connectivity index (χ4v) is 0.411. The fourth-order valence-electron chi connectivity index (χ4n) is 0.338. The lowest BCUT2D eigenvalue weighted by Gasteiger charge is -1.87. The summed E-state index contributed by atoms with van der Waals surface area (Å²) in [7, 11) is 0. The molecule has 0 rings (SSSR count). The molecule has 0 atom stereocenters. The Balaban J connectivity index is 3.76. The van der Waals surface area contributed by atoms with Crippen molar-refractivity contribution in [2.45, 2.75) is 0 Å². The molecule has 3 N–H and O–H groups in total. The summed E-state index contributed by atoms with van der Waals surface area (Å²) in [5.41, 5.74) is 4.77. The van der Waals surface area contributed by atoms with E-state index in [9.17, 15) is 4.79 Å². The maximum Gasteiger partial charge on any atom is 0.316 e. The van der Waals surface area contributed by atoms with E-state index >= 15 is 0 Å². The molecule has 0 aliphatic carbocycles. The monoisotopic (exact) mass is 172 g/mol. The first-order chi connectivity index (χ1) is 5.16. The molecular weight excluding hydrogens is 164 g/mol. The van der Waals surface area contributed by atoms with Crippen LogP contribution in [-0.4, -0.2) is 6.03 Å². The zero-order valence-corrected chi connectivity index (χ0v) is 6.64. The van der Waals surface area contributed by atoms with Crippen molar-refractivity contribution in [1.29, 1.82) is 0 Å². The molecule has 0 aliphatic rings. The molecule has 0 heterocycles. The number of hydrogen-bond donors (Lipinski definition) is 2. The fraction of sp³-hybridized carbons (Fsp3) is 0. The molecule has 11 heavy (non-hydrogen) atoms. The highest BCUT2D eigenvalue weighted by Crippen LogP contribution is 2.00. The van der Waals surface area contributed by atoms with E-state index in [1.807, 2.05) is 0 Å². The zero-order valence-electron chi connectivity index (χ0n) is 5.88. The standard InChI is InChI=1S/C7H9ClN2O/c1-2-6(8)4-3-5-10-7(9)11/h2-5H,1H2,(H3,9,10,11)/b5-3+,6-4+. The number of carbonyl (C=O) groups is 1. The Hall–Kier alpha value is -1.22. The number of nitrogens with one attached hydrogen (secondary N) is 1. The smallest absolute Gasteiger partial charge is 0.316 e. The van der Waals surface area contributed by atoms with Crippen LogP contribution in [0.1, 0.15) is 0 Å². The second-order valence-electron chi connectivity index (χ2n) is 1.62. The van der Waals surface area contributed by atoms with Crippen LogP contribution < -0.4 is 11.1 Å². The highest BCUT2D eigenvalue weighted by molar-refractivity contribution is 6.31. The van der Waals surface area contributed by atoms with Gasteiger partial charge in [0.05, 0.1) is 0 Å². The number of allylic oxidation sites excluding steroid dienone is 4. The van der Waals surface area contributed by atoms with Crippen LogP contribution >= 0.6 is 11.6 Å². The first kappa shape index (κ1) is 9.78. The van der Waals surface area contributed by atoms with Crippen LogP contribution in [0.5, 0.6) is 0 Å². The van der Waals surface area contributed by atoms with Crippen LogP contribution in [0.3, 0.4) is 0 Å². The third-order valence-corrected chi connectivity index (χ3v) is 1.05. The molecule has 0 fully saturated rings. The Morgan fingerprint density at radius 2 is 2.27 bits per heavy atom. The van der Waals surface area contributed by atoms with Gasteiger partial charge < -0.3 is 11.1 Å². The Bertz CT molecular complexity index is 208. The molecule has 0 unspecified atom stereocenters. The van der Waals surface area contributed by atoms with Crippen LogP contribution in [0.4, 0.5) is 4.79 Å². The normalized spacial score (nSPS) is 11.5. The van der Waals surface area contributed by atoms with Crippen molar-refractivity contribution in [1.82, 2.24) is 5.32 Å². The summed E-state index contributed by atoms with van der Waals surface area (Å²) in [5.74, 6) is 0. The lowest BCUT2D eigenvalue weighted by Crippen LogP contribution is -2.23. The molecule has 0 saturated heterocycles. The Morgan fingerprint density at radius 3 is 2.73 bits per heavy atom. The van der Waals surface area contributed by atoms with Crippen molar-refractivity contribution in [2.75, 3.05) is 0 Å². The minimum Gasteiger partial charge on any atom is -0.351 e. The van der Waals surface area contributed by atoms with Crippen molar-refractivity contribution < 1.29 is 4.79 Å². The second-order valence-corrected chi connectivity index (χ2v) is 2.06. The van der Waals surface area contributed by atoms with E-state index in [0.29, 0.717) is 5.03 Å². The summed E-state index contributed by atoms with van der Waals surface area (Å²) in [6, 6.07) is -0.607. The molecule has 0 bridgehead atoms. The first-order valence-corrected chi connectivity index (χ1v) is 3.25. The SMILES string of the molecule is C=C/C(Cl)=C\C=C\NC(N)=O. The van der Waals surface area contributed by atoms with E-state index in [-0.39, 0.29) is 0 Å². The lowest BCUT2D eigenvalue weighted by atomic mass is 10.4. The number of nitrogens with two attached hydrogens (primary N) is 1. The van der Waals surface area contributed by atoms with Gasteiger partial charge in [-0.1, -0.05) is 24.3 Å². The van der Waals surface area contributed by atoms with Gasteiger partial charge in [-0.15, -0.1) is 0 Å². The van der Waals surface area contributed by atoms with E-state index < -0.39 is 6.03 Å². The molecule has 3 nitrogen and oxygen atoms in total. The predicted octanol–water partition coefficient (Wildman–Crippen LogP) is 1.48. The Morgan fingerprint density at radius 1 is 1.64 bits per heavy atom. The Labute approximate surface area is 70.2 Å². The van der Waals surface area contributed by atoms with Gasteiger partial charge in [0.25, 0.3) is 0 Å². The molecule has 0 aromatic heterocycles. The summed E-state index contributed by atoms with van der Waals surface area (Å²) in [4.78, 5) is 10.1. The molecule has 2 amide bonds. The molecule has 0 aliphatic heterocycles. The molecule has 0 aromatic carbocycles. The molecular formula is C7H9ClN2O. The van der Waals surface area contributed by atoms with E-state index in [0.717, 1.165) is 0 Å². The average Bonchev–Trinajstić information content (AvgIpc) is 1.97. The van der Waals surface area contributed by atoms with Crippen molar-refractivity contribution in [3.05, 3.63) is 36.0 Å². The maximum atomic E-state index is 10.1. The van der Waals surface area contributed by atoms with Gasteiger partial charge in [0.1, 0.15) is 0 Å². The quantitative estimate of drug-likeness (QED) is 0.623. The lowest BCUT2D eigenvalue weighted by molar-refractivity contribution is 0.252. The topological polar surface area (TPSA) is 55.1 Å². The largest absolute Gasteiger partial charge is 0.351 e. The van der Waals surface area contributed by atoms with Gasteiger partial charge in [-0.2, -0.15) is 0 Å². The number of rotatable bonds is 3. The van der Waals surface area contributed by atoms with Gasteiger partial charge in [-0.25, -0.2) is 4.79 Å². The second kappa shape index (κ2) is 5.56. The van der Waals surface area contributed by atoms with Gasteiger partial charge in [0.2, 0.25) is 0 Å². The summed E-state index contributed by atoms with van der Waals surface area (Å²) < 4.78 is 0. The maximum absolute atomic E-state index is 10.1. The summed E-state index contributed by atoms with van der Waals surface area (Å²) in [6.07, 6.45) is 5.99.